The molecule has 0 aliphatic carbocycles. The van der Waals surface area contributed by atoms with Crippen LogP contribution in [0.4, 0.5) is 0 Å². The molecule has 122 valence electrons. The Labute approximate surface area is 145 Å². The third-order valence-electron chi connectivity index (χ3n) is 4.05. The van der Waals surface area contributed by atoms with E-state index in [1.807, 2.05) is 54.6 Å². The van der Waals surface area contributed by atoms with Gasteiger partial charge in [-0.25, -0.2) is 4.79 Å². The van der Waals surface area contributed by atoms with E-state index in [-0.39, 0.29) is 5.97 Å². The molecule has 0 saturated carbocycles. The van der Waals surface area contributed by atoms with Crippen molar-refractivity contribution in [1.82, 2.24) is 4.98 Å². The van der Waals surface area contributed by atoms with Gasteiger partial charge in [-0.3, -0.25) is 4.98 Å². The number of nitrogens with zero attached hydrogens (tertiary/aromatic N) is 1. The highest BCUT2D eigenvalue weighted by molar-refractivity contribution is 6.05. The van der Waals surface area contributed by atoms with Gasteiger partial charge >= 0.3 is 5.97 Å². The summed E-state index contributed by atoms with van der Waals surface area (Å²) in [6, 6.07) is 17.3. The van der Waals surface area contributed by atoms with Crippen LogP contribution in [0.25, 0.3) is 22.6 Å². The maximum Gasteiger partial charge on any atom is 0.343 e. The molecule has 4 rings (SSSR count). The van der Waals surface area contributed by atoms with Gasteiger partial charge in [0.15, 0.2) is 0 Å². The molecular weight excluding hydrogens is 314 g/mol. The minimum Gasteiger partial charge on any atom is -0.497 e. The zero-order chi connectivity index (χ0) is 17.2. The van der Waals surface area contributed by atoms with Crippen LogP contribution in [0, 0.1) is 0 Å². The van der Waals surface area contributed by atoms with Crippen LogP contribution in [0.3, 0.4) is 0 Å². The molecular formula is C21H15NO3. The summed E-state index contributed by atoms with van der Waals surface area (Å²) in [5.41, 5.74) is 2.07. The second-order valence-electron chi connectivity index (χ2n) is 5.68. The molecule has 0 saturated heterocycles. The van der Waals surface area contributed by atoms with Gasteiger partial charge in [0.25, 0.3) is 0 Å². The Balaban J connectivity index is 1.70. The fourth-order valence-electron chi connectivity index (χ4n) is 2.76. The molecule has 4 heteroatoms. The molecule has 4 nitrogen and oxygen atoms in total. The molecule has 0 amide bonds. The summed E-state index contributed by atoms with van der Waals surface area (Å²) in [4.78, 5) is 16.3. The lowest BCUT2D eigenvalue weighted by atomic mass is 10.0. The molecule has 25 heavy (non-hydrogen) atoms. The Morgan fingerprint density at radius 2 is 1.88 bits per heavy atom. The average molecular weight is 329 g/mol. The second kappa shape index (κ2) is 6.24. The van der Waals surface area contributed by atoms with Gasteiger partial charge in [-0.1, -0.05) is 24.3 Å². The van der Waals surface area contributed by atoms with Crippen LogP contribution >= 0.6 is 0 Å². The lowest BCUT2D eigenvalue weighted by Gasteiger charge is -2.06. The Morgan fingerprint density at radius 3 is 2.68 bits per heavy atom. The molecule has 1 aromatic heterocycles. The lowest BCUT2D eigenvalue weighted by Crippen LogP contribution is -1.97. The first kappa shape index (κ1) is 15.1. The van der Waals surface area contributed by atoms with E-state index in [0.717, 1.165) is 27.8 Å². The smallest absolute Gasteiger partial charge is 0.343 e. The molecule has 3 aromatic rings. The van der Waals surface area contributed by atoms with E-state index < -0.39 is 0 Å². The number of aromatic nitrogens is 1. The number of methoxy groups -OCH3 is 1. The standard InChI is InChI=1S/C21H15NO3/c1-24-19-8-7-14-10-16(6-5-15(14)12-19)20-13-17(21(23)25-20)11-18-4-2-3-9-22-18/h2-13H,1H3/b17-11-. The van der Waals surface area contributed by atoms with Gasteiger partial charge in [0.05, 0.1) is 18.4 Å². The van der Waals surface area contributed by atoms with Crippen molar-refractivity contribution in [1.29, 1.82) is 0 Å². The number of rotatable bonds is 3. The number of hydrogen-bond acceptors (Lipinski definition) is 4. The van der Waals surface area contributed by atoms with Crippen molar-refractivity contribution in [2.75, 3.05) is 7.11 Å². The number of pyridine rings is 1. The Bertz CT molecular complexity index is 1020. The summed E-state index contributed by atoms with van der Waals surface area (Å²) in [6.07, 6.45) is 5.16. The van der Waals surface area contributed by atoms with Crippen LogP contribution in [0.5, 0.6) is 5.75 Å². The molecule has 1 aliphatic rings. The Kier molecular flexibility index (Phi) is 3.78. The van der Waals surface area contributed by atoms with Crippen molar-refractivity contribution in [2.45, 2.75) is 0 Å². The normalized spacial score (nSPS) is 15.3. The van der Waals surface area contributed by atoms with Crippen molar-refractivity contribution in [2.24, 2.45) is 0 Å². The molecule has 0 radical (unpaired) electrons. The molecule has 0 N–H and O–H groups in total. The minimum absolute atomic E-state index is 0.365. The SMILES string of the molecule is COc1ccc2cc(C3=C/C(=C/c4ccccn4)C(=O)O3)ccc2c1. The number of carbonyl (C=O) groups is 1. The predicted molar refractivity (Wildman–Crippen MR) is 96.8 cm³/mol. The predicted octanol–water partition coefficient (Wildman–Crippen LogP) is 4.22. The zero-order valence-electron chi connectivity index (χ0n) is 13.6. The van der Waals surface area contributed by atoms with E-state index in [1.54, 1.807) is 25.5 Å². The molecule has 0 spiro atoms. The van der Waals surface area contributed by atoms with Crippen LogP contribution < -0.4 is 4.74 Å². The molecule has 0 unspecified atom stereocenters. The fourth-order valence-corrected chi connectivity index (χ4v) is 2.76. The zero-order valence-corrected chi connectivity index (χ0v) is 13.6. The monoisotopic (exact) mass is 329 g/mol. The Hall–Kier alpha value is -3.40. The van der Waals surface area contributed by atoms with Crippen LogP contribution in [0.15, 0.2) is 72.4 Å². The largest absolute Gasteiger partial charge is 0.497 e. The van der Waals surface area contributed by atoms with Crippen molar-refractivity contribution >= 4 is 28.6 Å². The topological polar surface area (TPSA) is 48.4 Å². The highest BCUT2D eigenvalue weighted by Gasteiger charge is 2.22. The number of fused-ring (bicyclic) bond motifs is 1. The van der Waals surface area contributed by atoms with Gasteiger partial charge in [-0.15, -0.1) is 0 Å². The van der Waals surface area contributed by atoms with E-state index in [1.165, 1.54) is 0 Å². The molecule has 0 atom stereocenters. The van der Waals surface area contributed by atoms with E-state index in [2.05, 4.69) is 4.98 Å². The van der Waals surface area contributed by atoms with Crippen LogP contribution in [0.1, 0.15) is 11.3 Å². The maximum atomic E-state index is 12.1. The highest BCUT2D eigenvalue weighted by atomic mass is 16.5. The summed E-state index contributed by atoms with van der Waals surface area (Å²) in [5, 5.41) is 2.12. The Morgan fingerprint density at radius 1 is 1.04 bits per heavy atom. The fraction of sp³-hybridized carbons (Fsp3) is 0.0476. The second-order valence-corrected chi connectivity index (χ2v) is 5.68. The summed E-state index contributed by atoms with van der Waals surface area (Å²) in [7, 11) is 1.65. The molecule has 1 aliphatic heterocycles. The summed E-state index contributed by atoms with van der Waals surface area (Å²) >= 11 is 0. The van der Waals surface area contributed by atoms with Crippen molar-refractivity contribution < 1.29 is 14.3 Å². The van der Waals surface area contributed by atoms with Crippen molar-refractivity contribution in [3.63, 3.8) is 0 Å². The number of cyclic esters (lactones) is 1. The first-order valence-corrected chi connectivity index (χ1v) is 7.88. The lowest BCUT2D eigenvalue weighted by molar-refractivity contribution is -0.130. The van der Waals surface area contributed by atoms with Crippen LogP contribution in [0.2, 0.25) is 0 Å². The van der Waals surface area contributed by atoms with Crippen molar-refractivity contribution in [3.8, 4) is 5.75 Å². The van der Waals surface area contributed by atoms with E-state index >= 15 is 0 Å². The van der Waals surface area contributed by atoms with Crippen LogP contribution in [-0.2, 0) is 9.53 Å². The van der Waals surface area contributed by atoms with Crippen LogP contribution in [-0.4, -0.2) is 18.1 Å². The third-order valence-corrected chi connectivity index (χ3v) is 4.05. The van der Waals surface area contributed by atoms with Gasteiger partial charge < -0.3 is 9.47 Å². The highest BCUT2D eigenvalue weighted by Crippen LogP contribution is 2.30. The van der Waals surface area contributed by atoms with Gasteiger partial charge in [0.2, 0.25) is 0 Å². The first-order valence-electron chi connectivity index (χ1n) is 7.88. The summed E-state index contributed by atoms with van der Waals surface area (Å²) < 4.78 is 10.7. The summed E-state index contributed by atoms with van der Waals surface area (Å²) in [6.45, 7) is 0. The molecule has 2 aromatic carbocycles. The number of benzene rings is 2. The molecule has 0 bridgehead atoms. The van der Waals surface area contributed by atoms with Crippen molar-refractivity contribution in [3.05, 3.63) is 83.7 Å². The number of ether oxygens (including phenoxy) is 2. The number of esters is 1. The van der Waals surface area contributed by atoms with Gasteiger partial charge in [-0.05, 0) is 53.3 Å². The van der Waals surface area contributed by atoms with E-state index in [9.17, 15) is 4.79 Å². The number of hydrogen-bond donors (Lipinski definition) is 0. The molecule has 0 fully saturated rings. The van der Waals surface area contributed by atoms with Gasteiger partial charge in [0.1, 0.15) is 11.5 Å². The quantitative estimate of drug-likeness (QED) is 0.533. The van der Waals surface area contributed by atoms with Gasteiger partial charge in [-0.2, -0.15) is 0 Å². The van der Waals surface area contributed by atoms with E-state index in [0.29, 0.717) is 11.3 Å². The molecule has 2 heterocycles. The maximum absolute atomic E-state index is 12.1. The average Bonchev–Trinajstić information content (AvgIpc) is 3.02. The van der Waals surface area contributed by atoms with Gasteiger partial charge in [0, 0.05) is 11.8 Å². The van der Waals surface area contributed by atoms with E-state index in [4.69, 9.17) is 9.47 Å². The number of carbonyl (C=O) groups excluding carboxylic acids is 1. The summed E-state index contributed by atoms with van der Waals surface area (Å²) in [5.74, 6) is 0.993. The third kappa shape index (κ3) is 3.02. The minimum atomic E-state index is -0.365. The first-order chi connectivity index (χ1) is 12.2.